The van der Waals surface area contributed by atoms with Crippen LogP contribution in [0, 0.1) is 29.6 Å². The highest BCUT2D eigenvalue weighted by Gasteiger charge is 2.08. The summed E-state index contributed by atoms with van der Waals surface area (Å²) in [6, 6.07) is 10.0. The smallest absolute Gasteiger partial charge is 0.269 e. The number of oxime groups is 1. The topological polar surface area (TPSA) is 74.0 Å². The molecule has 2 aromatic carbocycles. The van der Waals surface area contributed by atoms with Crippen LogP contribution in [0.2, 0.25) is 0 Å². The van der Waals surface area contributed by atoms with Gasteiger partial charge < -0.3 is 9.57 Å². The Morgan fingerprint density at radius 3 is 2.64 bits per heavy atom. The lowest BCUT2D eigenvalue weighted by Crippen LogP contribution is -1.99. The number of rotatable bonds is 7. The van der Waals surface area contributed by atoms with Gasteiger partial charge >= 0.3 is 0 Å². The van der Waals surface area contributed by atoms with Crippen LogP contribution in [0.1, 0.15) is 11.1 Å². The number of hydrogen-bond donors (Lipinski definition) is 0. The molecule has 2 aromatic rings. The molecule has 8 heteroatoms. The summed E-state index contributed by atoms with van der Waals surface area (Å²) in [5.41, 5.74) is 1.55. The molecule has 2 rings (SSSR count). The van der Waals surface area contributed by atoms with Crippen LogP contribution < -0.4 is 4.74 Å². The van der Waals surface area contributed by atoms with E-state index in [2.05, 4.69) is 56.3 Å². The molecule has 0 unspecified atom stereocenters. The highest BCUT2D eigenvalue weighted by Crippen LogP contribution is 2.28. The molecule has 0 saturated carbocycles. The molecule has 25 heavy (non-hydrogen) atoms. The molecular formula is C17H12I2N2O4. The second-order valence-electron chi connectivity index (χ2n) is 4.74. The lowest BCUT2D eigenvalue weighted by Gasteiger charge is -2.08. The van der Waals surface area contributed by atoms with Crippen LogP contribution in [0.15, 0.2) is 41.6 Å². The van der Waals surface area contributed by atoms with Gasteiger partial charge in [-0.05, 0) is 68.4 Å². The first-order valence-corrected chi connectivity index (χ1v) is 9.11. The maximum Gasteiger partial charge on any atom is 0.269 e. The summed E-state index contributed by atoms with van der Waals surface area (Å²) in [5.74, 6) is 3.18. The molecule has 0 aliphatic heterocycles. The van der Waals surface area contributed by atoms with E-state index in [-0.39, 0.29) is 18.9 Å². The molecule has 0 atom stereocenters. The number of terminal acetylenes is 1. The van der Waals surface area contributed by atoms with E-state index < -0.39 is 4.92 Å². The number of nitrogens with zero attached hydrogens (tertiary/aromatic N) is 2. The Hall–Kier alpha value is -1.87. The zero-order valence-electron chi connectivity index (χ0n) is 12.8. The minimum atomic E-state index is -0.444. The summed E-state index contributed by atoms with van der Waals surface area (Å²) in [7, 11) is 0. The lowest BCUT2D eigenvalue weighted by molar-refractivity contribution is -0.384. The molecule has 0 amide bonds. The van der Waals surface area contributed by atoms with Crippen molar-refractivity contribution in [1.29, 1.82) is 0 Å². The summed E-state index contributed by atoms with van der Waals surface area (Å²) in [5, 5.41) is 14.6. The van der Waals surface area contributed by atoms with Crippen molar-refractivity contribution in [2.75, 3.05) is 6.61 Å². The highest BCUT2D eigenvalue weighted by molar-refractivity contribution is 14.1. The van der Waals surface area contributed by atoms with Crippen molar-refractivity contribution in [1.82, 2.24) is 0 Å². The third-order valence-corrected chi connectivity index (χ3v) is 4.55. The number of ether oxygens (including phenoxy) is 1. The fourth-order valence-electron chi connectivity index (χ4n) is 1.88. The maximum absolute atomic E-state index is 10.7. The highest BCUT2D eigenvalue weighted by atomic mass is 127. The lowest BCUT2D eigenvalue weighted by atomic mass is 10.2. The van der Waals surface area contributed by atoms with Crippen molar-refractivity contribution in [3.8, 4) is 18.1 Å². The number of benzene rings is 2. The Balaban J connectivity index is 1.99. The van der Waals surface area contributed by atoms with E-state index in [1.165, 1.54) is 12.1 Å². The van der Waals surface area contributed by atoms with Gasteiger partial charge in [-0.1, -0.05) is 23.2 Å². The number of non-ortho nitro benzene ring substituents is 1. The third kappa shape index (κ3) is 5.86. The zero-order valence-corrected chi connectivity index (χ0v) is 17.1. The van der Waals surface area contributed by atoms with Crippen LogP contribution in [-0.4, -0.2) is 17.7 Å². The standard InChI is InChI=1S/C17H12I2N2O4/c1-2-6-24-17-15(18)8-13(9-16(17)19)10-20-25-11-12-4-3-5-14(7-12)21(22)23/h1,3-5,7-10H,6,11H2/b20-10-. The van der Waals surface area contributed by atoms with E-state index >= 15 is 0 Å². The van der Waals surface area contributed by atoms with Gasteiger partial charge in [-0.15, -0.1) is 6.42 Å². The monoisotopic (exact) mass is 562 g/mol. The van der Waals surface area contributed by atoms with Crippen LogP contribution in [0.25, 0.3) is 0 Å². The quantitative estimate of drug-likeness (QED) is 0.165. The fraction of sp³-hybridized carbons (Fsp3) is 0.118. The first-order chi connectivity index (χ1) is 12.0. The first kappa shape index (κ1) is 19.5. The predicted octanol–water partition coefficient (Wildman–Crippen LogP) is 4.37. The van der Waals surface area contributed by atoms with Crippen LogP contribution in [0.5, 0.6) is 5.75 Å². The summed E-state index contributed by atoms with van der Waals surface area (Å²) < 4.78 is 7.34. The van der Waals surface area contributed by atoms with Crippen LogP contribution >= 0.6 is 45.2 Å². The maximum atomic E-state index is 10.7. The average Bonchev–Trinajstić information content (AvgIpc) is 2.58. The van der Waals surface area contributed by atoms with Crippen molar-refractivity contribution in [2.24, 2.45) is 5.16 Å². The van der Waals surface area contributed by atoms with E-state index in [4.69, 9.17) is 16.0 Å². The van der Waals surface area contributed by atoms with Gasteiger partial charge in [0.2, 0.25) is 0 Å². The zero-order chi connectivity index (χ0) is 18.2. The minimum absolute atomic E-state index is 0.0248. The summed E-state index contributed by atoms with van der Waals surface area (Å²) >= 11 is 4.33. The molecule has 0 aromatic heterocycles. The second-order valence-corrected chi connectivity index (χ2v) is 7.07. The van der Waals surface area contributed by atoms with Gasteiger partial charge in [0.1, 0.15) is 19.0 Å². The minimum Gasteiger partial charge on any atom is -0.479 e. The molecule has 0 bridgehead atoms. The van der Waals surface area contributed by atoms with E-state index in [0.29, 0.717) is 5.56 Å². The molecule has 0 radical (unpaired) electrons. The summed E-state index contributed by atoms with van der Waals surface area (Å²) in [6.07, 6.45) is 6.78. The number of hydrogen-bond acceptors (Lipinski definition) is 5. The Bertz CT molecular complexity index is 824. The Labute approximate surface area is 172 Å². The van der Waals surface area contributed by atoms with E-state index in [9.17, 15) is 10.1 Å². The Morgan fingerprint density at radius 2 is 2.00 bits per heavy atom. The van der Waals surface area contributed by atoms with Crippen molar-refractivity contribution in [3.63, 3.8) is 0 Å². The van der Waals surface area contributed by atoms with E-state index in [1.807, 2.05) is 12.1 Å². The number of nitro benzene ring substituents is 1. The van der Waals surface area contributed by atoms with E-state index in [0.717, 1.165) is 18.5 Å². The van der Waals surface area contributed by atoms with Gasteiger partial charge in [-0.2, -0.15) is 0 Å². The van der Waals surface area contributed by atoms with Gasteiger partial charge in [0.15, 0.2) is 0 Å². The molecule has 0 saturated heterocycles. The van der Waals surface area contributed by atoms with Crippen LogP contribution in [0.3, 0.4) is 0 Å². The molecule has 128 valence electrons. The summed E-state index contributed by atoms with van der Waals surface area (Å²) in [4.78, 5) is 15.5. The van der Waals surface area contributed by atoms with Gasteiger partial charge in [-0.3, -0.25) is 10.1 Å². The molecule has 0 spiro atoms. The molecule has 6 nitrogen and oxygen atoms in total. The first-order valence-electron chi connectivity index (χ1n) is 6.95. The fourth-order valence-corrected chi connectivity index (χ4v) is 4.00. The molecule has 0 aliphatic carbocycles. The average molecular weight is 562 g/mol. The Morgan fingerprint density at radius 1 is 1.28 bits per heavy atom. The van der Waals surface area contributed by atoms with Gasteiger partial charge in [0.05, 0.1) is 18.3 Å². The number of nitro groups is 1. The largest absolute Gasteiger partial charge is 0.479 e. The van der Waals surface area contributed by atoms with Crippen LogP contribution in [0.4, 0.5) is 5.69 Å². The predicted molar refractivity (Wildman–Crippen MR) is 112 cm³/mol. The molecular weight excluding hydrogens is 550 g/mol. The number of halogens is 2. The van der Waals surface area contributed by atoms with Gasteiger partial charge in [-0.25, -0.2) is 0 Å². The van der Waals surface area contributed by atoms with Crippen LogP contribution in [-0.2, 0) is 11.4 Å². The molecule has 0 fully saturated rings. The van der Waals surface area contributed by atoms with Crippen molar-refractivity contribution in [2.45, 2.75) is 6.61 Å². The van der Waals surface area contributed by atoms with Crippen molar-refractivity contribution in [3.05, 3.63) is 64.8 Å². The second kappa shape index (κ2) is 9.57. The van der Waals surface area contributed by atoms with Crippen molar-refractivity contribution >= 4 is 57.1 Å². The van der Waals surface area contributed by atoms with Crippen molar-refractivity contribution < 1.29 is 14.5 Å². The molecule has 0 aliphatic rings. The van der Waals surface area contributed by atoms with E-state index in [1.54, 1.807) is 18.3 Å². The van der Waals surface area contributed by atoms with Gasteiger partial charge in [0.25, 0.3) is 5.69 Å². The molecule has 0 heterocycles. The normalized spacial score (nSPS) is 10.4. The SMILES string of the molecule is C#CCOc1c(I)cc(/C=N\OCc2cccc([N+](=O)[O-])c2)cc1I. The third-order valence-electron chi connectivity index (χ3n) is 2.95. The summed E-state index contributed by atoms with van der Waals surface area (Å²) in [6.45, 7) is 0.363. The van der Waals surface area contributed by atoms with Gasteiger partial charge in [0, 0.05) is 12.1 Å². The molecule has 0 N–H and O–H groups in total. The Kier molecular flexibility index (Phi) is 7.45.